The van der Waals surface area contributed by atoms with Crippen LogP contribution in [0.25, 0.3) is 0 Å². The van der Waals surface area contributed by atoms with Crippen molar-refractivity contribution in [3.8, 4) is 0 Å². The van der Waals surface area contributed by atoms with E-state index in [2.05, 4.69) is 17.3 Å². The Bertz CT molecular complexity index is 217. The Balaban J connectivity index is 2.12. The summed E-state index contributed by atoms with van der Waals surface area (Å²) in [6, 6.07) is 0. The van der Waals surface area contributed by atoms with Crippen molar-refractivity contribution < 1.29 is 9.90 Å². The summed E-state index contributed by atoms with van der Waals surface area (Å²) in [5.74, 6) is 0.488. The van der Waals surface area contributed by atoms with Crippen molar-refractivity contribution in [1.29, 1.82) is 0 Å². The molecule has 0 bridgehead atoms. The van der Waals surface area contributed by atoms with E-state index in [1.54, 1.807) is 0 Å². The fourth-order valence-electron chi connectivity index (χ4n) is 2.20. The van der Waals surface area contributed by atoms with Crippen molar-refractivity contribution in [3.05, 3.63) is 0 Å². The third-order valence-corrected chi connectivity index (χ3v) is 3.42. The van der Waals surface area contributed by atoms with Gasteiger partial charge in [-0.3, -0.25) is 4.79 Å². The van der Waals surface area contributed by atoms with E-state index in [1.807, 2.05) is 6.92 Å². The van der Waals surface area contributed by atoms with Crippen LogP contribution in [0, 0.1) is 11.8 Å². The second-order valence-corrected chi connectivity index (χ2v) is 4.78. The predicted molar refractivity (Wildman–Crippen MR) is 64.1 cm³/mol. The summed E-state index contributed by atoms with van der Waals surface area (Å²) in [5.41, 5.74) is 0. The first-order chi connectivity index (χ1) is 7.67. The molecule has 2 unspecified atom stereocenters. The van der Waals surface area contributed by atoms with Crippen LogP contribution in [0.15, 0.2) is 0 Å². The topological polar surface area (TPSA) is 52.6 Å². The van der Waals surface area contributed by atoms with Gasteiger partial charge in [0.05, 0.1) is 12.5 Å². The van der Waals surface area contributed by atoms with Crippen molar-refractivity contribution in [3.63, 3.8) is 0 Å². The molecule has 0 saturated carbocycles. The molecular formula is C12H24N2O2. The van der Waals surface area contributed by atoms with Crippen molar-refractivity contribution >= 4 is 5.91 Å². The number of carbonyl (C=O) groups excluding carboxylic acids is 1. The second kappa shape index (κ2) is 6.86. The average Bonchev–Trinajstić information content (AvgIpc) is 2.66. The van der Waals surface area contributed by atoms with Crippen LogP contribution >= 0.6 is 0 Å². The van der Waals surface area contributed by atoms with Gasteiger partial charge in [0, 0.05) is 13.1 Å². The first kappa shape index (κ1) is 13.5. The van der Waals surface area contributed by atoms with Gasteiger partial charge < -0.3 is 15.3 Å². The van der Waals surface area contributed by atoms with Gasteiger partial charge >= 0.3 is 0 Å². The largest absolute Gasteiger partial charge is 0.396 e. The highest BCUT2D eigenvalue weighted by Gasteiger charge is 2.20. The zero-order valence-electron chi connectivity index (χ0n) is 10.4. The molecule has 1 heterocycles. The highest BCUT2D eigenvalue weighted by Crippen LogP contribution is 2.17. The molecule has 1 saturated heterocycles. The summed E-state index contributed by atoms with van der Waals surface area (Å²) in [6.45, 7) is 4.94. The SMILES string of the molecule is CCC(CO)C(=O)NCCC1CCN(C)C1. The maximum atomic E-state index is 11.6. The number of carbonyl (C=O) groups is 1. The van der Waals surface area contributed by atoms with Crippen LogP contribution < -0.4 is 5.32 Å². The number of likely N-dealkylation sites (tertiary alicyclic amines) is 1. The van der Waals surface area contributed by atoms with Crippen molar-refractivity contribution in [2.45, 2.75) is 26.2 Å². The summed E-state index contributed by atoms with van der Waals surface area (Å²) in [7, 11) is 2.14. The molecule has 4 nitrogen and oxygen atoms in total. The monoisotopic (exact) mass is 228 g/mol. The standard InChI is InChI=1S/C12H24N2O2/c1-3-11(9-15)12(16)13-6-4-10-5-7-14(2)8-10/h10-11,15H,3-9H2,1-2H3,(H,13,16). The fourth-order valence-corrected chi connectivity index (χ4v) is 2.20. The molecule has 0 aliphatic carbocycles. The second-order valence-electron chi connectivity index (χ2n) is 4.78. The van der Waals surface area contributed by atoms with E-state index >= 15 is 0 Å². The lowest BCUT2D eigenvalue weighted by atomic mass is 10.0. The normalized spacial score (nSPS) is 23.3. The first-order valence-corrected chi connectivity index (χ1v) is 6.24. The number of amides is 1. The van der Waals surface area contributed by atoms with E-state index in [-0.39, 0.29) is 18.4 Å². The third kappa shape index (κ3) is 4.10. The molecule has 2 N–H and O–H groups in total. The molecule has 16 heavy (non-hydrogen) atoms. The number of aliphatic hydroxyl groups is 1. The Morgan fingerprint density at radius 2 is 2.38 bits per heavy atom. The van der Waals surface area contributed by atoms with Crippen LogP contribution in [-0.2, 0) is 4.79 Å². The highest BCUT2D eigenvalue weighted by atomic mass is 16.3. The van der Waals surface area contributed by atoms with Gasteiger partial charge in [-0.1, -0.05) is 6.92 Å². The van der Waals surface area contributed by atoms with E-state index in [0.717, 1.165) is 25.4 Å². The van der Waals surface area contributed by atoms with Crippen LogP contribution in [0.5, 0.6) is 0 Å². The van der Waals surface area contributed by atoms with E-state index in [0.29, 0.717) is 6.42 Å². The summed E-state index contributed by atoms with van der Waals surface area (Å²) in [4.78, 5) is 13.9. The number of hydrogen-bond donors (Lipinski definition) is 2. The van der Waals surface area contributed by atoms with Gasteiger partial charge in [-0.15, -0.1) is 0 Å². The minimum atomic E-state index is -0.230. The Morgan fingerprint density at radius 1 is 1.62 bits per heavy atom. The molecule has 0 aromatic carbocycles. The van der Waals surface area contributed by atoms with Crippen molar-refractivity contribution in [2.75, 3.05) is 33.3 Å². The molecule has 1 rings (SSSR count). The Morgan fingerprint density at radius 3 is 2.88 bits per heavy atom. The molecule has 1 amide bonds. The van der Waals surface area contributed by atoms with Crippen LogP contribution in [0.4, 0.5) is 0 Å². The van der Waals surface area contributed by atoms with Crippen LogP contribution in [0.1, 0.15) is 26.2 Å². The van der Waals surface area contributed by atoms with Gasteiger partial charge in [0.2, 0.25) is 5.91 Å². The lowest BCUT2D eigenvalue weighted by molar-refractivity contribution is -0.126. The molecule has 1 aliphatic heterocycles. The van der Waals surface area contributed by atoms with Gasteiger partial charge in [0.25, 0.3) is 0 Å². The van der Waals surface area contributed by atoms with Gasteiger partial charge in [-0.25, -0.2) is 0 Å². The smallest absolute Gasteiger partial charge is 0.225 e. The van der Waals surface area contributed by atoms with E-state index in [1.165, 1.54) is 13.0 Å². The minimum absolute atomic E-state index is 0.00338. The fraction of sp³-hybridized carbons (Fsp3) is 0.917. The van der Waals surface area contributed by atoms with E-state index < -0.39 is 0 Å². The van der Waals surface area contributed by atoms with Gasteiger partial charge in [0.1, 0.15) is 0 Å². The summed E-state index contributed by atoms with van der Waals surface area (Å²) in [5, 5.41) is 11.9. The molecule has 0 aromatic rings. The average molecular weight is 228 g/mol. The minimum Gasteiger partial charge on any atom is -0.396 e. The number of nitrogens with one attached hydrogen (secondary N) is 1. The molecule has 0 spiro atoms. The van der Waals surface area contributed by atoms with Gasteiger partial charge in [-0.05, 0) is 38.8 Å². The molecule has 1 fully saturated rings. The summed E-state index contributed by atoms with van der Waals surface area (Å²) in [6.07, 6.45) is 3.00. The Labute approximate surface area is 98.0 Å². The maximum Gasteiger partial charge on any atom is 0.225 e. The lowest BCUT2D eigenvalue weighted by Crippen LogP contribution is -2.33. The zero-order chi connectivity index (χ0) is 12.0. The number of nitrogens with zero attached hydrogens (tertiary/aromatic N) is 1. The van der Waals surface area contributed by atoms with Gasteiger partial charge in [-0.2, -0.15) is 0 Å². The molecule has 0 aromatic heterocycles. The Hall–Kier alpha value is -0.610. The molecule has 1 aliphatic rings. The van der Waals surface area contributed by atoms with Crippen LogP contribution in [0.2, 0.25) is 0 Å². The lowest BCUT2D eigenvalue weighted by Gasteiger charge is -2.14. The van der Waals surface area contributed by atoms with Gasteiger partial charge in [0.15, 0.2) is 0 Å². The van der Waals surface area contributed by atoms with E-state index in [4.69, 9.17) is 5.11 Å². The molecule has 94 valence electrons. The third-order valence-electron chi connectivity index (χ3n) is 3.42. The zero-order valence-corrected chi connectivity index (χ0v) is 10.4. The number of hydrogen-bond acceptors (Lipinski definition) is 3. The number of aliphatic hydroxyl groups excluding tert-OH is 1. The summed E-state index contributed by atoms with van der Waals surface area (Å²) < 4.78 is 0. The maximum absolute atomic E-state index is 11.6. The van der Waals surface area contributed by atoms with Crippen molar-refractivity contribution in [2.24, 2.45) is 11.8 Å². The van der Waals surface area contributed by atoms with E-state index in [9.17, 15) is 4.79 Å². The van der Waals surface area contributed by atoms with Crippen LogP contribution in [0.3, 0.4) is 0 Å². The molecule has 0 radical (unpaired) electrons. The Kier molecular flexibility index (Phi) is 5.77. The first-order valence-electron chi connectivity index (χ1n) is 6.24. The van der Waals surface area contributed by atoms with Crippen LogP contribution in [-0.4, -0.2) is 49.2 Å². The molecule has 2 atom stereocenters. The number of rotatable bonds is 6. The highest BCUT2D eigenvalue weighted by molar-refractivity contribution is 5.78. The van der Waals surface area contributed by atoms with Crippen molar-refractivity contribution in [1.82, 2.24) is 10.2 Å². The molecular weight excluding hydrogens is 204 g/mol. The summed E-state index contributed by atoms with van der Waals surface area (Å²) >= 11 is 0. The molecule has 4 heteroatoms. The predicted octanol–water partition coefficient (Wildman–Crippen LogP) is 0.463. The quantitative estimate of drug-likeness (QED) is 0.694.